The maximum Gasteiger partial charge on any atom is 0.491 e. The van der Waals surface area contributed by atoms with Gasteiger partial charge in [-0.2, -0.15) is 0 Å². The summed E-state index contributed by atoms with van der Waals surface area (Å²) in [7, 11) is -2.12. The lowest BCUT2D eigenvalue weighted by atomic mass is 9.78. The Morgan fingerprint density at radius 3 is 2.20 bits per heavy atom. The summed E-state index contributed by atoms with van der Waals surface area (Å²) in [5.74, 6) is -3.71. The normalized spacial score (nSPS) is 10.8. The van der Waals surface area contributed by atoms with E-state index in [-0.39, 0.29) is 16.7 Å². The zero-order valence-electron chi connectivity index (χ0n) is 12.5. The lowest BCUT2D eigenvalue weighted by molar-refractivity contribution is 0.423. The van der Waals surface area contributed by atoms with Crippen molar-refractivity contribution >= 4 is 12.6 Å². The Morgan fingerprint density at radius 1 is 0.800 bits per heavy atom. The summed E-state index contributed by atoms with van der Waals surface area (Å²) in [6.45, 7) is 0. The molecule has 0 amide bonds. The molecule has 25 heavy (non-hydrogen) atoms. The van der Waals surface area contributed by atoms with Crippen molar-refractivity contribution in [2.75, 3.05) is 0 Å². The molecule has 0 aliphatic heterocycles. The topological polar surface area (TPSA) is 53.4 Å². The Hall–Kier alpha value is -2.71. The number of pyridine rings is 1. The quantitative estimate of drug-likeness (QED) is 0.566. The molecular formula is C17H10BF4NO2. The number of hydrogen-bond acceptors (Lipinski definition) is 3. The van der Waals surface area contributed by atoms with Crippen LogP contribution in [0.5, 0.6) is 0 Å². The maximum atomic E-state index is 14.4. The first-order valence-electron chi connectivity index (χ1n) is 7.13. The largest absolute Gasteiger partial charge is 0.491 e. The molecule has 0 aliphatic rings. The van der Waals surface area contributed by atoms with E-state index in [0.717, 1.165) is 24.4 Å². The third-order valence-electron chi connectivity index (χ3n) is 3.67. The molecule has 0 saturated carbocycles. The van der Waals surface area contributed by atoms with Gasteiger partial charge >= 0.3 is 7.12 Å². The van der Waals surface area contributed by atoms with Gasteiger partial charge in [0.1, 0.15) is 23.3 Å². The molecule has 0 aliphatic carbocycles. The van der Waals surface area contributed by atoms with Crippen LogP contribution in [0.25, 0.3) is 22.3 Å². The molecule has 1 heterocycles. The van der Waals surface area contributed by atoms with Gasteiger partial charge in [0, 0.05) is 40.6 Å². The summed E-state index contributed by atoms with van der Waals surface area (Å²) in [4.78, 5) is 3.84. The highest BCUT2D eigenvalue weighted by atomic mass is 19.1. The molecule has 0 fully saturated rings. The van der Waals surface area contributed by atoms with E-state index in [0.29, 0.717) is 6.07 Å². The molecule has 3 rings (SSSR count). The van der Waals surface area contributed by atoms with Crippen molar-refractivity contribution in [3.05, 3.63) is 72.1 Å². The van der Waals surface area contributed by atoms with Crippen molar-refractivity contribution in [1.82, 2.24) is 4.98 Å². The van der Waals surface area contributed by atoms with Crippen molar-refractivity contribution in [1.29, 1.82) is 0 Å². The van der Waals surface area contributed by atoms with Crippen LogP contribution in [0.3, 0.4) is 0 Å². The van der Waals surface area contributed by atoms with Crippen molar-refractivity contribution in [3.63, 3.8) is 0 Å². The Balaban J connectivity index is 2.16. The first-order chi connectivity index (χ1) is 11.9. The van der Waals surface area contributed by atoms with Gasteiger partial charge in [0.2, 0.25) is 0 Å². The molecule has 3 nitrogen and oxygen atoms in total. The molecule has 0 unspecified atom stereocenters. The van der Waals surface area contributed by atoms with Crippen molar-refractivity contribution in [2.45, 2.75) is 0 Å². The molecule has 0 saturated heterocycles. The zero-order valence-corrected chi connectivity index (χ0v) is 12.5. The van der Waals surface area contributed by atoms with Crippen molar-refractivity contribution in [2.24, 2.45) is 0 Å². The van der Waals surface area contributed by atoms with Gasteiger partial charge in [-0.05, 0) is 24.3 Å². The van der Waals surface area contributed by atoms with Crippen LogP contribution in [0.1, 0.15) is 0 Å². The number of benzene rings is 2. The Morgan fingerprint density at radius 2 is 1.52 bits per heavy atom. The lowest BCUT2D eigenvalue weighted by Crippen LogP contribution is -2.33. The average Bonchev–Trinajstić information content (AvgIpc) is 2.55. The average molecular weight is 347 g/mol. The SMILES string of the molecule is OB(O)c1ccc(F)c(-c2cncc(-c3ccc(F)cc3F)c2)c1F. The van der Waals surface area contributed by atoms with Crippen LogP contribution in [0.2, 0.25) is 0 Å². The van der Waals surface area contributed by atoms with Crippen LogP contribution in [0.15, 0.2) is 48.8 Å². The van der Waals surface area contributed by atoms with Crippen molar-refractivity contribution in [3.8, 4) is 22.3 Å². The lowest BCUT2D eigenvalue weighted by Gasteiger charge is -2.11. The highest BCUT2D eigenvalue weighted by molar-refractivity contribution is 6.58. The number of halogens is 4. The van der Waals surface area contributed by atoms with E-state index < -0.39 is 41.4 Å². The van der Waals surface area contributed by atoms with Crippen LogP contribution in [0.4, 0.5) is 17.6 Å². The Bertz CT molecular complexity index is 950. The van der Waals surface area contributed by atoms with Gasteiger partial charge in [0.25, 0.3) is 0 Å². The van der Waals surface area contributed by atoms with Gasteiger partial charge in [-0.15, -0.1) is 0 Å². The second-order valence-corrected chi connectivity index (χ2v) is 5.29. The van der Waals surface area contributed by atoms with Crippen LogP contribution in [-0.2, 0) is 0 Å². The van der Waals surface area contributed by atoms with Gasteiger partial charge < -0.3 is 10.0 Å². The fraction of sp³-hybridized carbons (Fsp3) is 0. The molecule has 2 N–H and O–H groups in total. The van der Waals surface area contributed by atoms with Gasteiger partial charge in [-0.3, -0.25) is 4.98 Å². The van der Waals surface area contributed by atoms with Crippen LogP contribution >= 0.6 is 0 Å². The smallest absolute Gasteiger partial charge is 0.423 e. The summed E-state index contributed by atoms with van der Waals surface area (Å²) in [5.41, 5.74) is -0.866. The van der Waals surface area contributed by atoms with Crippen LogP contribution in [0, 0.1) is 23.3 Å². The summed E-state index contributed by atoms with van der Waals surface area (Å²) < 4.78 is 55.5. The molecule has 0 atom stereocenters. The molecule has 3 aromatic rings. The molecule has 126 valence electrons. The van der Waals surface area contributed by atoms with E-state index in [1.165, 1.54) is 18.3 Å². The Kier molecular flexibility index (Phi) is 4.56. The fourth-order valence-corrected chi connectivity index (χ4v) is 2.48. The number of nitrogens with zero attached hydrogens (tertiary/aromatic N) is 1. The maximum absolute atomic E-state index is 14.4. The first kappa shape index (κ1) is 17.1. The third-order valence-corrected chi connectivity index (χ3v) is 3.67. The molecule has 8 heteroatoms. The molecule has 2 aromatic carbocycles. The molecule has 0 radical (unpaired) electrons. The van der Waals surface area contributed by atoms with Crippen molar-refractivity contribution < 1.29 is 27.6 Å². The highest BCUT2D eigenvalue weighted by Crippen LogP contribution is 2.30. The summed E-state index contributed by atoms with van der Waals surface area (Å²) in [5, 5.41) is 18.3. The highest BCUT2D eigenvalue weighted by Gasteiger charge is 2.23. The monoisotopic (exact) mass is 347 g/mol. The zero-order chi connectivity index (χ0) is 18.1. The van der Waals surface area contributed by atoms with Gasteiger partial charge in [0.05, 0.1) is 5.56 Å². The minimum absolute atomic E-state index is 0.00918. The van der Waals surface area contributed by atoms with Gasteiger partial charge in [-0.25, -0.2) is 17.6 Å². The number of aromatic nitrogens is 1. The summed E-state index contributed by atoms with van der Waals surface area (Å²) in [6.07, 6.45) is 2.42. The summed E-state index contributed by atoms with van der Waals surface area (Å²) >= 11 is 0. The molecular weight excluding hydrogens is 337 g/mol. The van der Waals surface area contributed by atoms with E-state index in [9.17, 15) is 17.6 Å². The molecule has 0 bridgehead atoms. The van der Waals surface area contributed by atoms with Crippen LogP contribution in [-0.4, -0.2) is 22.2 Å². The van der Waals surface area contributed by atoms with Gasteiger partial charge in [-0.1, -0.05) is 6.07 Å². The molecule has 1 aromatic heterocycles. The standard InChI is InChI=1S/C17H10BF4NO2/c19-11-1-2-12(15(21)6-11)9-5-10(8-23-7-9)16-14(20)4-3-13(17(16)22)18(24)25/h1-8,24-25H. The van der Waals surface area contributed by atoms with E-state index in [2.05, 4.69) is 4.98 Å². The van der Waals surface area contributed by atoms with Gasteiger partial charge in [0.15, 0.2) is 0 Å². The number of rotatable bonds is 3. The second kappa shape index (κ2) is 6.66. The minimum Gasteiger partial charge on any atom is -0.423 e. The van der Waals surface area contributed by atoms with E-state index in [1.54, 1.807) is 0 Å². The first-order valence-corrected chi connectivity index (χ1v) is 7.13. The summed E-state index contributed by atoms with van der Waals surface area (Å²) in [6, 6.07) is 6.00. The van der Waals surface area contributed by atoms with E-state index in [1.807, 2.05) is 0 Å². The predicted octanol–water partition coefficient (Wildman–Crippen LogP) is 2.65. The molecule has 0 spiro atoms. The Labute approximate surface area is 140 Å². The predicted molar refractivity (Wildman–Crippen MR) is 84.8 cm³/mol. The second-order valence-electron chi connectivity index (χ2n) is 5.29. The third kappa shape index (κ3) is 3.26. The van der Waals surface area contributed by atoms with E-state index in [4.69, 9.17) is 10.0 Å². The van der Waals surface area contributed by atoms with E-state index >= 15 is 0 Å². The number of hydrogen-bond donors (Lipinski definition) is 2. The fourth-order valence-electron chi connectivity index (χ4n) is 2.48. The van der Waals surface area contributed by atoms with Crippen LogP contribution < -0.4 is 5.46 Å². The minimum atomic E-state index is -2.12.